The summed E-state index contributed by atoms with van der Waals surface area (Å²) in [5.41, 5.74) is 1.44. The minimum atomic E-state index is -0.627. The number of hydrogen-bond acceptors (Lipinski definition) is 3. The summed E-state index contributed by atoms with van der Waals surface area (Å²) < 4.78 is 18.0. The van der Waals surface area contributed by atoms with E-state index in [1.54, 1.807) is 18.2 Å². The fourth-order valence-corrected chi connectivity index (χ4v) is 1.75. The van der Waals surface area contributed by atoms with E-state index in [1.165, 1.54) is 31.2 Å². The molecular formula is C16H13FO3. The molecule has 20 heavy (non-hydrogen) atoms. The monoisotopic (exact) mass is 272 g/mol. The molecule has 0 aliphatic rings. The zero-order valence-electron chi connectivity index (χ0n) is 11.1. The number of aryl methyl sites for hydroxylation is 1. The zero-order valence-corrected chi connectivity index (χ0v) is 11.1. The van der Waals surface area contributed by atoms with Crippen LogP contribution in [-0.2, 0) is 0 Å². The van der Waals surface area contributed by atoms with Crippen molar-refractivity contribution in [1.29, 1.82) is 0 Å². The molecule has 0 fully saturated rings. The maximum atomic E-state index is 12.8. The fraction of sp³-hybridized carbons (Fsp3) is 0.125. The molecule has 0 amide bonds. The average Bonchev–Trinajstić information content (AvgIpc) is 2.39. The highest BCUT2D eigenvalue weighted by Gasteiger charge is 2.14. The van der Waals surface area contributed by atoms with Crippen LogP contribution in [0, 0.1) is 12.7 Å². The normalized spacial score (nSPS) is 10.2. The lowest BCUT2D eigenvalue weighted by molar-refractivity contribution is 0.0733. The van der Waals surface area contributed by atoms with Gasteiger partial charge >= 0.3 is 5.97 Å². The topological polar surface area (TPSA) is 43.4 Å². The highest BCUT2D eigenvalue weighted by molar-refractivity contribution is 5.99. The van der Waals surface area contributed by atoms with E-state index >= 15 is 0 Å². The van der Waals surface area contributed by atoms with Gasteiger partial charge in [0.2, 0.25) is 0 Å². The fourth-order valence-electron chi connectivity index (χ4n) is 1.75. The van der Waals surface area contributed by atoms with Crippen molar-refractivity contribution in [1.82, 2.24) is 0 Å². The molecule has 4 heteroatoms. The molecule has 0 spiro atoms. The number of halogens is 1. The van der Waals surface area contributed by atoms with Crippen molar-refractivity contribution >= 4 is 11.8 Å². The molecule has 0 unspecified atom stereocenters. The van der Waals surface area contributed by atoms with Gasteiger partial charge in [-0.2, -0.15) is 0 Å². The predicted octanol–water partition coefficient (Wildman–Crippen LogP) is 3.56. The number of Topliss-reactive ketones (excluding diaryl/α,β-unsaturated/α-hetero) is 1. The number of rotatable bonds is 3. The summed E-state index contributed by atoms with van der Waals surface area (Å²) in [6.07, 6.45) is 0. The molecule has 0 aromatic heterocycles. The van der Waals surface area contributed by atoms with E-state index in [2.05, 4.69) is 0 Å². The van der Waals surface area contributed by atoms with Gasteiger partial charge in [-0.25, -0.2) is 9.18 Å². The Morgan fingerprint density at radius 2 is 1.70 bits per heavy atom. The van der Waals surface area contributed by atoms with Crippen molar-refractivity contribution in [3.8, 4) is 5.75 Å². The molecule has 102 valence electrons. The van der Waals surface area contributed by atoms with Crippen molar-refractivity contribution in [2.24, 2.45) is 0 Å². The lowest BCUT2D eigenvalue weighted by Gasteiger charge is -2.09. The Morgan fingerprint density at radius 1 is 1.05 bits per heavy atom. The van der Waals surface area contributed by atoms with Crippen molar-refractivity contribution < 1.29 is 18.7 Å². The number of benzene rings is 2. The Labute approximate surface area is 116 Å². The minimum Gasteiger partial charge on any atom is -0.422 e. The van der Waals surface area contributed by atoms with Gasteiger partial charge in [-0.1, -0.05) is 6.07 Å². The summed E-state index contributed by atoms with van der Waals surface area (Å²) in [6, 6.07) is 10.0. The van der Waals surface area contributed by atoms with Crippen molar-refractivity contribution in [2.75, 3.05) is 0 Å². The third kappa shape index (κ3) is 3.09. The van der Waals surface area contributed by atoms with Gasteiger partial charge in [0.1, 0.15) is 11.6 Å². The number of ketones is 1. The molecule has 0 atom stereocenters. The number of carbonyl (C=O) groups excluding carboxylic acids is 2. The van der Waals surface area contributed by atoms with E-state index in [9.17, 15) is 14.0 Å². The van der Waals surface area contributed by atoms with E-state index in [4.69, 9.17) is 4.74 Å². The quantitative estimate of drug-likeness (QED) is 0.487. The Kier molecular flexibility index (Phi) is 3.94. The SMILES string of the molecule is CC(=O)c1ccc(C)cc1OC(=O)c1ccc(F)cc1. The molecule has 0 N–H and O–H groups in total. The highest BCUT2D eigenvalue weighted by Crippen LogP contribution is 2.22. The zero-order chi connectivity index (χ0) is 14.7. The van der Waals surface area contributed by atoms with Gasteiger partial charge in [0.15, 0.2) is 5.78 Å². The molecule has 0 bridgehead atoms. The van der Waals surface area contributed by atoms with Crippen LogP contribution in [-0.4, -0.2) is 11.8 Å². The second-order valence-electron chi connectivity index (χ2n) is 4.45. The summed E-state index contributed by atoms with van der Waals surface area (Å²) in [5.74, 6) is -1.03. The molecule has 0 aliphatic heterocycles. The third-order valence-corrected chi connectivity index (χ3v) is 2.80. The van der Waals surface area contributed by atoms with Crippen LogP contribution >= 0.6 is 0 Å². The molecule has 3 nitrogen and oxygen atoms in total. The minimum absolute atomic E-state index is 0.188. The van der Waals surface area contributed by atoms with Gasteiger partial charge in [0.05, 0.1) is 11.1 Å². The second-order valence-corrected chi connectivity index (χ2v) is 4.45. The number of ether oxygens (including phenoxy) is 1. The Bertz CT molecular complexity index is 660. The Hall–Kier alpha value is -2.49. The Morgan fingerprint density at radius 3 is 2.30 bits per heavy atom. The van der Waals surface area contributed by atoms with E-state index in [0.717, 1.165) is 5.56 Å². The summed E-state index contributed by atoms with van der Waals surface area (Å²) in [7, 11) is 0. The van der Waals surface area contributed by atoms with Crippen LogP contribution in [0.2, 0.25) is 0 Å². The third-order valence-electron chi connectivity index (χ3n) is 2.80. The van der Waals surface area contributed by atoms with Gasteiger partial charge in [-0.05, 0) is 55.8 Å². The number of carbonyl (C=O) groups is 2. The smallest absolute Gasteiger partial charge is 0.343 e. The van der Waals surface area contributed by atoms with Crippen LogP contribution in [0.4, 0.5) is 4.39 Å². The first-order valence-corrected chi connectivity index (χ1v) is 6.06. The molecule has 0 radical (unpaired) electrons. The van der Waals surface area contributed by atoms with Crippen LogP contribution in [0.15, 0.2) is 42.5 Å². The van der Waals surface area contributed by atoms with E-state index < -0.39 is 11.8 Å². The van der Waals surface area contributed by atoms with Crippen molar-refractivity contribution in [3.63, 3.8) is 0 Å². The standard InChI is InChI=1S/C16H13FO3/c1-10-3-8-14(11(2)18)15(9-10)20-16(19)12-4-6-13(17)7-5-12/h3-9H,1-2H3. The maximum Gasteiger partial charge on any atom is 0.343 e. The number of esters is 1. The predicted molar refractivity (Wildman–Crippen MR) is 72.5 cm³/mol. The second kappa shape index (κ2) is 5.65. The first-order valence-electron chi connectivity index (χ1n) is 6.06. The van der Waals surface area contributed by atoms with Crippen LogP contribution in [0.3, 0.4) is 0 Å². The van der Waals surface area contributed by atoms with Gasteiger partial charge < -0.3 is 4.74 Å². The first-order chi connectivity index (χ1) is 9.47. The molecule has 0 heterocycles. The lowest BCUT2D eigenvalue weighted by Crippen LogP contribution is -2.11. The lowest BCUT2D eigenvalue weighted by atomic mass is 10.1. The molecular weight excluding hydrogens is 259 g/mol. The molecule has 2 aromatic carbocycles. The van der Waals surface area contributed by atoms with Gasteiger partial charge in [-0.15, -0.1) is 0 Å². The summed E-state index contributed by atoms with van der Waals surface area (Å²) in [6.45, 7) is 3.24. The van der Waals surface area contributed by atoms with Crippen LogP contribution in [0.25, 0.3) is 0 Å². The molecule has 2 rings (SSSR count). The molecule has 0 saturated heterocycles. The number of hydrogen-bond donors (Lipinski definition) is 0. The van der Waals surface area contributed by atoms with Crippen LogP contribution in [0.1, 0.15) is 33.2 Å². The van der Waals surface area contributed by atoms with Gasteiger partial charge in [0.25, 0.3) is 0 Å². The van der Waals surface area contributed by atoms with E-state index in [1.807, 2.05) is 6.92 Å². The van der Waals surface area contributed by atoms with Gasteiger partial charge in [-0.3, -0.25) is 4.79 Å². The summed E-state index contributed by atoms with van der Waals surface area (Å²) >= 11 is 0. The molecule has 2 aromatic rings. The maximum absolute atomic E-state index is 12.8. The largest absolute Gasteiger partial charge is 0.422 e. The molecule has 0 saturated carbocycles. The molecule has 0 aliphatic carbocycles. The van der Waals surface area contributed by atoms with Crippen LogP contribution in [0.5, 0.6) is 5.75 Å². The van der Waals surface area contributed by atoms with E-state index in [-0.39, 0.29) is 17.1 Å². The van der Waals surface area contributed by atoms with E-state index in [0.29, 0.717) is 5.56 Å². The van der Waals surface area contributed by atoms with Gasteiger partial charge in [0, 0.05) is 0 Å². The Balaban J connectivity index is 2.29. The summed E-state index contributed by atoms with van der Waals surface area (Å²) in [4.78, 5) is 23.5. The van der Waals surface area contributed by atoms with Crippen LogP contribution < -0.4 is 4.74 Å². The van der Waals surface area contributed by atoms with Crippen molar-refractivity contribution in [2.45, 2.75) is 13.8 Å². The highest BCUT2D eigenvalue weighted by atomic mass is 19.1. The van der Waals surface area contributed by atoms with Crippen molar-refractivity contribution in [3.05, 3.63) is 65.0 Å². The average molecular weight is 272 g/mol. The summed E-state index contributed by atoms with van der Waals surface area (Å²) in [5, 5.41) is 0. The first kappa shape index (κ1) is 13.9.